The smallest absolute Gasteiger partial charge is 0.125 e. The summed E-state index contributed by atoms with van der Waals surface area (Å²) in [6.45, 7) is 3.15. The highest BCUT2D eigenvalue weighted by Gasteiger charge is 2.37. The van der Waals surface area contributed by atoms with Crippen LogP contribution in [0.5, 0.6) is 5.75 Å². The molecule has 3 nitrogen and oxygen atoms in total. The van der Waals surface area contributed by atoms with Crippen molar-refractivity contribution in [2.45, 2.75) is 50.7 Å². The van der Waals surface area contributed by atoms with Crippen molar-refractivity contribution in [3.05, 3.63) is 29.6 Å². The zero-order chi connectivity index (χ0) is 14.6. The minimum Gasteiger partial charge on any atom is -0.496 e. The molecule has 20 heavy (non-hydrogen) atoms. The number of nitrogens with one attached hydrogen (secondary N) is 1. The van der Waals surface area contributed by atoms with E-state index >= 15 is 0 Å². The summed E-state index contributed by atoms with van der Waals surface area (Å²) in [5.41, 5.74) is -0.397. The molecule has 4 heteroatoms. The van der Waals surface area contributed by atoms with Crippen molar-refractivity contribution in [3.8, 4) is 5.75 Å². The van der Waals surface area contributed by atoms with Crippen molar-refractivity contribution >= 4 is 0 Å². The molecule has 0 amide bonds. The molecule has 112 valence electrons. The number of benzene rings is 1. The zero-order valence-corrected chi connectivity index (χ0v) is 12.3. The number of hydrogen-bond acceptors (Lipinski definition) is 3. The van der Waals surface area contributed by atoms with Crippen LogP contribution in [0, 0.1) is 5.82 Å². The molecular formula is C16H24FNO2. The Morgan fingerprint density at radius 2 is 2.10 bits per heavy atom. The van der Waals surface area contributed by atoms with Gasteiger partial charge in [-0.25, -0.2) is 4.39 Å². The summed E-state index contributed by atoms with van der Waals surface area (Å²) in [7, 11) is 1.55. The second-order valence-corrected chi connectivity index (χ2v) is 5.60. The number of halogens is 1. The second-order valence-electron chi connectivity index (χ2n) is 5.60. The molecule has 1 saturated carbocycles. The molecule has 0 aromatic heterocycles. The van der Waals surface area contributed by atoms with E-state index in [1.807, 2.05) is 0 Å². The van der Waals surface area contributed by atoms with Crippen molar-refractivity contribution in [3.63, 3.8) is 0 Å². The van der Waals surface area contributed by atoms with Gasteiger partial charge < -0.3 is 15.2 Å². The van der Waals surface area contributed by atoms with E-state index in [1.54, 1.807) is 13.2 Å². The minimum atomic E-state index is -0.974. The molecular weight excluding hydrogens is 257 g/mol. The van der Waals surface area contributed by atoms with E-state index in [9.17, 15) is 9.50 Å². The van der Waals surface area contributed by atoms with Crippen LogP contribution >= 0.6 is 0 Å². The van der Waals surface area contributed by atoms with Gasteiger partial charge in [0.25, 0.3) is 0 Å². The van der Waals surface area contributed by atoms with Gasteiger partial charge in [-0.3, -0.25) is 0 Å². The Morgan fingerprint density at radius 1 is 1.40 bits per heavy atom. The largest absolute Gasteiger partial charge is 0.496 e. The van der Waals surface area contributed by atoms with Gasteiger partial charge >= 0.3 is 0 Å². The molecule has 1 aromatic carbocycles. The monoisotopic (exact) mass is 281 g/mol. The lowest BCUT2D eigenvalue weighted by Crippen LogP contribution is -2.40. The Kier molecular flexibility index (Phi) is 5.00. The normalized spacial score (nSPS) is 26.5. The number of aliphatic hydroxyl groups is 1. The van der Waals surface area contributed by atoms with Crippen molar-refractivity contribution in [2.24, 2.45) is 0 Å². The number of rotatable bonds is 5. The van der Waals surface area contributed by atoms with Crippen LogP contribution in [0.4, 0.5) is 4.39 Å². The van der Waals surface area contributed by atoms with Gasteiger partial charge in [0.05, 0.1) is 12.7 Å². The first-order valence-corrected chi connectivity index (χ1v) is 7.39. The van der Waals surface area contributed by atoms with E-state index in [4.69, 9.17) is 4.74 Å². The van der Waals surface area contributed by atoms with E-state index in [2.05, 4.69) is 12.2 Å². The molecule has 1 aromatic rings. The third-order valence-electron chi connectivity index (χ3n) is 4.16. The predicted octanol–water partition coefficient (Wildman–Crippen LogP) is 2.96. The second kappa shape index (κ2) is 6.55. The van der Waals surface area contributed by atoms with Gasteiger partial charge in [-0.15, -0.1) is 0 Å². The average Bonchev–Trinajstić information content (AvgIpc) is 2.47. The van der Waals surface area contributed by atoms with Crippen LogP contribution < -0.4 is 10.1 Å². The van der Waals surface area contributed by atoms with Crippen molar-refractivity contribution in [1.82, 2.24) is 5.32 Å². The summed E-state index contributed by atoms with van der Waals surface area (Å²) in [6, 6.07) is 4.80. The first-order valence-electron chi connectivity index (χ1n) is 7.39. The van der Waals surface area contributed by atoms with Gasteiger partial charge in [-0.05, 0) is 56.8 Å². The molecule has 1 aliphatic rings. The van der Waals surface area contributed by atoms with Gasteiger partial charge in [-0.2, -0.15) is 0 Å². The Labute approximate surface area is 120 Å². The lowest BCUT2D eigenvalue weighted by Gasteiger charge is -2.37. The van der Waals surface area contributed by atoms with Gasteiger partial charge in [0.15, 0.2) is 0 Å². The molecule has 0 heterocycles. The first-order chi connectivity index (χ1) is 9.59. The van der Waals surface area contributed by atoms with Crippen LogP contribution in [0.25, 0.3) is 0 Å². The summed E-state index contributed by atoms with van der Waals surface area (Å²) in [4.78, 5) is 0. The van der Waals surface area contributed by atoms with E-state index in [0.717, 1.165) is 25.8 Å². The first kappa shape index (κ1) is 15.3. The quantitative estimate of drug-likeness (QED) is 0.872. The van der Waals surface area contributed by atoms with Crippen LogP contribution in [0.3, 0.4) is 0 Å². The van der Waals surface area contributed by atoms with Crippen LogP contribution in [0.15, 0.2) is 18.2 Å². The summed E-state index contributed by atoms with van der Waals surface area (Å²) in [6.07, 6.45) is 4.17. The molecule has 0 unspecified atom stereocenters. The topological polar surface area (TPSA) is 41.5 Å². The summed E-state index contributed by atoms with van der Waals surface area (Å²) < 4.78 is 18.7. The van der Waals surface area contributed by atoms with Crippen LogP contribution in [-0.4, -0.2) is 24.8 Å². The fourth-order valence-corrected chi connectivity index (χ4v) is 2.96. The SMILES string of the molecule is CCCNC1CCC(O)(c2cc(F)ccc2OC)CC1. The van der Waals surface area contributed by atoms with Gasteiger partial charge in [0.1, 0.15) is 11.6 Å². The summed E-state index contributed by atoms with van der Waals surface area (Å²) >= 11 is 0. The molecule has 0 bridgehead atoms. The van der Waals surface area contributed by atoms with Gasteiger partial charge in [0.2, 0.25) is 0 Å². The molecule has 0 atom stereocenters. The van der Waals surface area contributed by atoms with Crippen molar-refractivity contribution < 1.29 is 14.2 Å². The maximum atomic E-state index is 13.5. The molecule has 2 N–H and O–H groups in total. The predicted molar refractivity (Wildman–Crippen MR) is 77.4 cm³/mol. The maximum Gasteiger partial charge on any atom is 0.125 e. The lowest BCUT2D eigenvalue weighted by molar-refractivity contribution is -0.0103. The summed E-state index contributed by atoms with van der Waals surface area (Å²) in [5, 5.41) is 14.3. The molecule has 0 radical (unpaired) electrons. The maximum absolute atomic E-state index is 13.5. The molecule has 2 rings (SSSR count). The average molecular weight is 281 g/mol. The van der Waals surface area contributed by atoms with Crippen LogP contribution in [0.2, 0.25) is 0 Å². The molecule has 1 fully saturated rings. The molecule has 0 saturated heterocycles. The fraction of sp³-hybridized carbons (Fsp3) is 0.625. The van der Waals surface area contributed by atoms with E-state index < -0.39 is 5.60 Å². The third-order valence-corrected chi connectivity index (χ3v) is 4.16. The Balaban J connectivity index is 2.11. The Hall–Kier alpha value is -1.13. The Morgan fingerprint density at radius 3 is 2.70 bits per heavy atom. The number of methoxy groups -OCH3 is 1. The van der Waals surface area contributed by atoms with Crippen LogP contribution in [-0.2, 0) is 5.60 Å². The van der Waals surface area contributed by atoms with Crippen LogP contribution in [0.1, 0.15) is 44.6 Å². The highest BCUT2D eigenvalue weighted by atomic mass is 19.1. The van der Waals surface area contributed by atoms with E-state index in [-0.39, 0.29) is 5.82 Å². The molecule has 0 aliphatic heterocycles. The third kappa shape index (κ3) is 3.30. The zero-order valence-electron chi connectivity index (χ0n) is 12.3. The highest BCUT2D eigenvalue weighted by molar-refractivity contribution is 5.38. The van der Waals surface area contributed by atoms with Gasteiger partial charge in [0, 0.05) is 11.6 Å². The lowest BCUT2D eigenvalue weighted by atomic mass is 9.77. The molecule has 0 spiro atoms. The standard InChI is InChI=1S/C16H24FNO2/c1-3-10-18-13-6-8-16(19,9-7-13)14-11-12(17)4-5-15(14)20-2/h4-5,11,13,18-19H,3,6-10H2,1-2H3. The number of ether oxygens (including phenoxy) is 1. The van der Waals surface area contributed by atoms with Crippen molar-refractivity contribution in [2.75, 3.05) is 13.7 Å². The number of hydrogen-bond donors (Lipinski definition) is 2. The molecule has 1 aliphatic carbocycles. The van der Waals surface area contributed by atoms with E-state index in [0.29, 0.717) is 30.2 Å². The fourth-order valence-electron chi connectivity index (χ4n) is 2.96. The van der Waals surface area contributed by atoms with Crippen molar-refractivity contribution in [1.29, 1.82) is 0 Å². The van der Waals surface area contributed by atoms with Gasteiger partial charge in [-0.1, -0.05) is 6.92 Å². The van der Waals surface area contributed by atoms with E-state index in [1.165, 1.54) is 12.1 Å². The highest BCUT2D eigenvalue weighted by Crippen LogP contribution is 2.41. The minimum absolute atomic E-state index is 0.333. The summed E-state index contributed by atoms with van der Waals surface area (Å²) in [5.74, 6) is 0.231. The Bertz CT molecular complexity index is 442.